The van der Waals surface area contributed by atoms with Crippen molar-refractivity contribution in [3.05, 3.63) is 59.7 Å². The number of nitrogens with zero attached hydrogens (tertiary/aromatic N) is 1. The van der Waals surface area contributed by atoms with E-state index >= 15 is 0 Å². The summed E-state index contributed by atoms with van der Waals surface area (Å²) in [6.45, 7) is 5.74. The summed E-state index contributed by atoms with van der Waals surface area (Å²) in [5, 5.41) is 3.06. The first kappa shape index (κ1) is 21.2. The van der Waals surface area contributed by atoms with Crippen molar-refractivity contribution in [3.63, 3.8) is 0 Å². The van der Waals surface area contributed by atoms with Crippen LogP contribution >= 0.6 is 0 Å². The van der Waals surface area contributed by atoms with Gasteiger partial charge in [-0.2, -0.15) is 0 Å². The Bertz CT molecular complexity index is 787. The lowest BCUT2D eigenvalue weighted by atomic mass is 10.0. The molecule has 0 bridgehead atoms. The van der Waals surface area contributed by atoms with E-state index in [0.29, 0.717) is 24.5 Å². The molecule has 0 saturated carbocycles. The third-order valence-electron chi connectivity index (χ3n) is 5.40. The number of nitrogens with one attached hydrogen (secondary N) is 1. The fourth-order valence-corrected chi connectivity index (χ4v) is 3.70. The average Bonchev–Trinajstić information content (AvgIpc) is 2.77. The van der Waals surface area contributed by atoms with Crippen LogP contribution in [0.2, 0.25) is 0 Å². The smallest absolute Gasteiger partial charge is 0.261 e. The van der Waals surface area contributed by atoms with Crippen LogP contribution < -0.4 is 14.8 Å². The van der Waals surface area contributed by atoms with Gasteiger partial charge in [-0.25, -0.2) is 0 Å². The van der Waals surface area contributed by atoms with Crippen LogP contribution in [-0.2, 0) is 17.9 Å². The first-order valence-corrected chi connectivity index (χ1v) is 10.6. The van der Waals surface area contributed by atoms with Gasteiger partial charge >= 0.3 is 0 Å². The van der Waals surface area contributed by atoms with Crippen LogP contribution in [0.4, 0.5) is 0 Å². The zero-order valence-corrected chi connectivity index (χ0v) is 17.5. The Morgan fingerprint density at radius 3 is 2.48 bits per heavy atom. The summed E-state index contributed by atoms with van der Waals surface area (Å²) in [5.74, 6) is 1.25. The highest BCUT2D eigenvalue weighted by Crippen LogP contribution is 2.21. The van der Waals surface area contributed by atoms with Crippen LogP contribution in [0.1, 0.15) is 43.7 Å². The largest absolute Gasteiger partial charge is 0.497 e. The molecule has 1 N–H and O–H groups in total. The lowest BCUT2D eigenvalue weighted by Gasteiger charge is -2.27. The van der Waals surface area contributed by atoms with Gasteiger partial charge in [0.2, 0.25) is 0 Å². The molecule has 156 valence electrons. The van der Waals surface area contributed by atoms with E-state index in [0.717, 1.165) is 19.6 Å². The van der Waals surface area contributed by atoms with Gasteiger partial charge < -0.3 is 14.8 Å². The monoisotopic (exact) mass is 396 g/mol. The maximum Gasteiger partial charge on any atom is 0.261 e. The molecule has 0 aliphatic carbocycles. The lowest BCUT2D eigenvalue weighted by Crippen LogP contribution is -2.38. The standard InChI is InChI=1S/C24H32N2O3/c1-3-23(29-22-13-9-12-21(16-22)28-2)24(27)25-17-19-10-5-6-11-20(19)18-26-14-7-4-8-15-26/h5-6,9-13,16,23H,3-4,7-8,14-15,17-18H2,1-2H3,(H,25,27). The van der Waals surface area contributed by atoms with E-state index in [9.17, 15) is 4.79 Å². The summed E-state index contributed by atoms with van der Waals surface area (Å²) in [6.07, 6.45) is 3.95. The molecule has 2 aromatic carbocycles. The molecule has 1 unspecified atom stereocenters. The minimum absolute atomic E-state index is 0.0944. The summed E-state index contributed by atoms with van der Waals surface area (Å²) in [7, 11) is 1.62. The topological polar surface area (TPSA) is 50.8 Å². The molecule has 1 saturated heterocycles. The fourth-order valence-electron chi connectivity index (χ4n) is 3.70. The summed E-state index contributed by atoms with van der Waals surface area (Å²) in [6, 6.07) is 15.7. The zero-order chi connectivity index (χ0) is 20.5. The molecule has 2 aromatic rings. The fraction of sp³-hybridized carbons (Fsp3) is 0.458. The van der Waals surface area contributed by atoms with E-state index in [1.807, 2.05) is 31.2 Å². The van der Waals surface area contributed by atoms with Crippen LogP contribution in [0.25, 0.3) is 0 Å². The number of hydrogen-bond acceptors (Lipinski definition) is 4. The van der Waals surface area contributed by atoms with Crippen LogP contribution in [0, 0.1) is 0 Å². The van der Waals surface area contributed by atoms with Crippen LogP contribution in [0.3, 0.4) is 0 Å². The Morgan fingerprint density at radius 2 is 1.76 bits per heavy atom. The van der Waals surface area contributed by atoms with Gasteiger partial charge in [-0.15, -0.1) is 0 Å². The number of ether oxygens (including phenoxy) is 2. The van der Waals surface area contributed by atoms with Gasteiger partial charge in [0.15, 0.2) is 6.10 Å². The molecule has 5 heteroatoms. The molecule has 3 rings (SSSR count). The zero-order valence-electron chi connectivity index (χ0n) is 17.5. The summed E-state index contributed by atoms with van der Waals surface area (Å²) >= 11 is 0. The van der Waals surface area contributed by atoms with E-state index in [4.69, 9.17) is 9.47 Å². The van der Waals surface area contributed by atoms with Gasteiger partial charge in [0.05, 0.1) is 7.11 Å². The summed E-state index contributed by atoms with van der Waals surface area (Å²) in [4.78, 5) is 15.2. The van der Waals surface area contributed by atoms with Crippen molar-refractivity contribution < 1.29 is 14.3 Å². The number of methoxy groups -OCH3 is 1. The molecule has 29 heavy (non-hydrogen) atoms. The highest BCUT2D eigenvalue weighted by molar-refractivity contribution is 5.81. The van der Waals surface area contributed by atoms with Gasteiger partial charge in [-0.3, -0.25) is 9.69 Å². The quantitative estimate of drug-likeness (QED) is 0.692. The predicted molar refractivity (Wildman–Crippen MR) is 115 cm³/mol. The van der Waals surface area contributed by atoms with E-state index in [2.05, 4.69) is 28.4 Å². The van der Waals surface area contributed by atoms with Crippen LogP contribution in [0.15, 0.2) is 48.5 Å². The highest BCUT2D eigenvalue weighted by atomic mass is 16.5. The van der Waals surface area contributed by atoms with Gasteiger partial charge in [0.25, 0.3) is 5.91 Å². The molecule has 1 atom stereocenters. The van der Waals surface area contributed by atoms with E-state index in [-0.39, 0.29) is 5.91 Å². The molecule has 1 heterocycles. The van der Waals surface area contributed by atoms with E-state index < -0.39 is 6.10 Å². The van der Waals surface area contributed by atoms with Crippen LogP contribution in [0.5, 0.6) is 11.5 Å². The molecule has 5 nitrogen and oxygen atoms in total. The van der Waals surface area contributed by atoms with Crippen molar-refractivity contribution in [3.8, 4) is 11.5 Å². The average molecular weight is 397 g/mol. The van der Waals surface area contributed by atoms with Crippen LogP contribution in [-0.4, -0.2) is 37.1 Å². The number of carbonyl (C=O) groups excluding carboxylic acids is 1. The number of piperidine rings is 1. The first-order valence-electron chi connectivity index (χ1n) is 10.6. The highest BCUT2D eigenvalue weighted by Gasteiger charge is 2.19. The minimum Gasteiger partial charge on any atom is -0.497 e. The lowest BCUT2D eigenvalue weighted by molar-refractivity contribution is -0.128. The second-order valence-electron chi connectivity index (χ2n) is 7.52. The molecule has 0 radical (unpaired) electrons. The van der Waals surface area contributed by atoms with Gasteiger partial charge in [-0.1, -0.05) is 43.7 Å². The molecular formula is C24H32N2O3. The molecular weight excluding hydrogens is 364 g/mol. The Morgan fingerprint density at radius 1 is 1.03 bits per heavy atom. The normalized spacial score (nSPS) is 15.5. The second kappa shape index (κ2) is 10.9. The van der Waals surface area contributed by atoms with Gasteiger partial charge in [0, 0.05) is 19.2 Å². The molecule has 0 aromatic heterocycles. The Hall–Kier alpha value is -2.53. The molecule has 0 spiro atoms. The Kier molecular flexibility index (Phi) is 7.94. The number of likely N-dealkylation sites (tertiary alicyclic amines) is 1. The number of carbonyl (C=O) groups is 1. The molecule has 1 aliphatic rings. The Labute approximate surface area is 174 Å². The van der Waals surface area contributed by atoms with Crippen molar-refractivity contribution in [2.75, 3.05) is 20.2 Å². The third kappa shape index (κ3) is 6.23. The maximum absolute atomic E-state index is 12.7. The number of rotatable bonds is 9. The first-order chi connectivity index (χ1) is 14.2. The molecule has 1 fully saturated rings. The maximum atomic E-state index is 12.7. The van der Waals surface area contributed by atoms with Crippen molar-refractivity contribution >= 4 is 5.91 Å². The SMILES string of the molecule is CCC(Oc1cccc(OC)c1)C(=O)NCc1ccccc1CN1CCCCC1. The minimum atomic E-state index is -0.531. The number of hydrogen-bond donors (Lipinski definition) is 1. The summed E-state index contributed by atoms with van der Waals surface area (Å²) < 4.78 is 11.1. The molecule has 1 amide bonds. The third-order valence-corrected chi connectivity index (χ3v) is 5.40. The molecule has 1 aliphatic heterocycles. The number of benzene rings is 2. The van der Waals surface area contributed by atoms with Crippen molar-refractivity contribution in [1.82, 2.24) is 10.2 Å². The van der Waals surface area contributed by atoms with Crippen molar-refractivity contribution in [2.24, 2.45) is 0 Å². The van der Waals surface area contributed by atoms with Crippen molar-refractivity contribution in [2.45, 2.75) is 51.8 Å². The van der Waals surface area contributed by atoms with Gasteiger partial charge in [-0.05, 0) is 55.6 Å². The van der Waals surface area contributed by atoms with Crippen molar-refractivity contribution in [1.29, 1.82) is 0 Å². The van der Waals surface area contributed by atoms with Gasteiger partial charge in [0.1, 0.15) is 11.5 Å². The Balaban J connectivity index is 1.58. The number of amides is 1. The summed E-state index contributed by atoms with van der Waals surface area (Å²) in [5.41, 5.74) is 2.46. The second-order valence-corrected chi connectivity index (χ2v) is 7.52. The van der Waals surface area contributed by atoms with E-state index in [1.54, 1.807) is 13.2 Å². The van der Waals surface area contributed by atoms with E-state index in [1.165, 1.54) is 30.4 Å². The predicted octanol–water partition coefficient (Wildman–Crippen LogP) is 4.15.